The molecule has 2 N–H and O–H groups in total. The van der Waals surface area contributed by atoms with Crippen molar-refractivity contribution in [3.8, 4) is 11.1 Å². The summed E-state index contributed by atoms with van der Waals surface area (Å²) in [6, 6.07) is 6.58. The van der Waals surface area contributed by atoms with E-state index in [1.807, 2.05) is 0 Å². The van der Waals surface area contributed by atoms with Crippen molar-refractivity contribution < 1.29 is 4.39 Å². The number of rotatable bonds is 2. The van der Waals surface area contributed by atoms with Gasteiger partial charge in [0.1, 0.15) is 17.8 Å². The summed E-state index contributed by atoms with van der Waals surface area (Å²) in [5.74, 6) is -0.287. The highest BCUT2D eigenvalue weighted by Gasteiger charge is 2.11. The quantitative estimate of drug-likeness (QED) is 0.747. The SMILES string of the molecule is NCc1cn2cncc(-c3ccccc3F)c2n1. The molecule has 0 spiro atoms. The first-order valence-electron chi connectivity index (χ1n) is 5.56. The van der Waals surface area contributed by atoms with Crippen LogP contribution in [0.4, 0.5) is 4.39 Å². The molecule has 2 heterocycles. The Hall–Kier alpha value is -2.27. The van der Waals surface area contributed by atoms with Gasteiger partial charge in [0.25, 0.3) is 0 Å². The Kier molecular flexibility index (Phi) is 2.53. The third-order valence-electron chi connectivity index (χ3n) is 2.79. The van der Waals surface area contributed by atoms with Gasteiger partial charge in [0.05, 0.1) is 5.69 Å². The zero-order valence-electron chi connectivity index (χ0n) is 9.55. The number of imidazole rings is 1. The molecule has 0 saturated carbocycles. The number of hydrogen-bond acceptors (Lipinski definition) is 3. The molecular formula is C13H11FN4. The van der Waals surface area contributed by atoms with E-state index in [0.29, 0.717) is 23.3 Å². The molecule has 0 aliphatic heterocycles. The van der Waals surface area contributed by atoms with Crippen molar-refractivity contribution in [2.45, 2.75) is 6.54 Å². The van der Waals surface area contributed by atoms with E-state index in [2.05, 4.69) is 9.97 Å². The number of hydrogen-bond donors (Lipinski definition) is 1. The Morgan fingerprint density at radius 3 is 2.83 bits per heavy atom. The molecule has 5 heteroatoms. The van der Waals surface area contributed by atoms with Crippen LogP contribution in [0.25, 0.3) is 16.8 Å². The van der Waals surface area contributed by atoms with E-state index < -0.39 is 0 Å². The van der Waals surface area contributed by atoms with Crippen molar-refractivity contribution in [1.82, 2.24) is 14.4 Å². The van der Waals surface area contributed by atoms with Crippen molar-refractivity contribution >= 4 is 5.65 Å². The molecule has 0 bridgehead atoms. The van der Waals surface area contributed by atoms with E-state index in [1.165, 1.54) is 6.07 Å². The Balaban J connectivity index is 2.29. The van der Waals surface area contributed by atoms with E-state index in [-0.39, 0.29) is 5.82 Å². The van der Waals surface area contributed by atoms with E-state index in [0.717, 1.165) is 5.69 Å². The molecule has 90 valence electrons. The second-order valence-corrected chi connectivity index (χ2v) is 3.95. The lowest BCUT2D eigenvalue weighted by Crippen LogP contribution is -1.95. The Morgan fingerprint density at radius 1 is 1.22 bits per heavy atom. The lowest BCUT2D eigenvalue weighted by Gasteiger charge is -2.03. The minimum Gasteiger partial charge on any atom is -0.325 e. The first-order valence-corrected chi connectivity index (χ1v) is 5.56. The van der Waals surface area contributed by atoms with Crippen molar-refractivity contribution in [1.29, 1.82) is 0 Å². The third-order valence-corrected chi connectivity index (χ3v) is 2.79. The molecule has 1 aromatic carbocycles. The monoisotopic (exact) mass is 242 g/mol. The maximum atomic E-state index is 13.8. The molecule has 2 aromatic heterocycles. The molecule has 0 saturated heterocycles. The van der Waals surface area contributed by atoms with Crippen LogP contribution in [0.5, 0.6) is 0 Å². The Bertz CT molecular complexity index is 705. The minimum atomic E-state index is -0.287. The van der Waals surface area contributed by atoms with Gasteiger partial charge in [-0.3, -0.25) is 4.40 Å². The fraction of sp³-hybridized carbons (Fsp3) is 0.0769. The summed E-state index contributed by atoms with van der Waals surface area (Å²) in [7, 11) is 0. The summed E-state index contributed by atoms with van der Waals surface area (Å²) in [6.45, 7) is 0.346. The molecule has 4 nitrogen and oxygen atoms in total. The molecule has 3 rings (SSSR count). The number of aromatic nitrogens is 3. The smallest absolute Gasteiger partial charge is 0.147 e. The summed E-state index contributed by atoms with van der Waals surface area (Å²) in [4.78, 5) is 8.47. The van der Waals surface area contributed by atoms with Gasteiger partial charge in [0.2, 0.25) is 0 Å². The van der Waals surface area contributed by atoms with Crippen LogP contribution in [-0.4, -0.2) is 14.4 Å². The van der Waals surface area contributed by atoms with Gasteiger partial charge in [-0.15, -0.1) is 0 Å². The van der Waals surface area contributed by atoms with E-state index >= 15 is 0 Å². The summed E-state index contributed by atoms with van der Waals surface area (Å²) in [5.41, 5.74) is 8.13. The maximum absolute atomic E-state index is 13.8. The lowest BCUT2D eigenvalue weighted by molar-refractivity contribution is 0.631. The van der Waals surface area contributed by atoms with E-state index in [9.17, 15) is 4.39 Å². The molecule has 0 radical (unpaired) electrons. The zero-order chi connectivity index (χ0) is 12.5. The summed E-state index contributed by atoms with van der Waals surface area (Å²) >= 11 is 0. The van der Waals surface area contributed by atoms with Crippen LogP contribution >= 0.6 is 0 Å². The summed E-state index contributed by atoms with van der Waals surface area (Å²) in [5, 5.41) is 0. The molecule has 18 heavy (non-hydrogen) atoms. The highest BCUT2D eigenvalue weighted by atomic mass is 19.1. The topological polar surface area (TPSA) is 56.2 Å². The largest absolute Gasteiger partial charge is 0.325 e. The predicted molar refractivity (Wildman–Crippen MR) is 66.3 cm³/mol. The second-order valence-electron chi connectivity index (χ2n) is 3.95. The standard InChI is InChI=1S/C13H11FN4/c14-12-4-2-1-3-10(12)11-6-16-8-18-7-9(5-15)17-13(11)18/h1-4,6-8H,5,15H2. The minimum absolute atomic E-state index is 0.287. The number of nitrogens with two attached hydrogens (primary N) is 1. The van der Waals surface area contributed by atoms with Gasteiger partial charge >= 0.3 is 0 Å². The highest BCUT2D eigenvalue weighted by Crippen LogP contribution is 2.25. The first-order chi connectivity index (χ1) is 8.79. The van der Waals surface area contributed by atoms with Gasteiger partial charge < -0.3 is 5.73 Å². The van der Waals surface area contributed by atoms with Gasteiger partial charge in [-0.25, -0.2) is 14.4 Å². The predicted octanol–water partition coefficient (Wildman–Crippen LogP) is 1.99. The number of halogens is 1. The number of benzene rings is 1. The van der Waals surface area contributed by atoms with Gasteiger partial charge in [0.15, 0.2) is 0 Å². The number of nitrogens with zero attached hydrogens (tertiary/aromatic N) is 3. The maximum Gasteiger partial charge on any atom is 0.147 e. The van der Waals surface area contributed by atoms with Crippen LogP contribution in [0.2, 0.25) is 0 Å². The average Bonchev–Trinajstić information content (AvgIpc) is 2.82. The van der Waals surface area contributed by atoms with Crippen molar-refractivity contribution in [2.75, 3.05) is 0 Å². The summed E-state index contributed by atoms with van der Waals surface area (Å²) < 4.78 is 15.6. The van der Waals surface area contributed by atoms with Crippen molar-refractivity contribution in [2.24, 2.45) is 5.73 Å². The lowest BCUT2D eigenvalue weighted by atomic mass is 10.1. The van der Waals surface area contributed by atoms with Crippen LogP contribution in [0, 0.1) is 5.82 Å². The highest BCUT2D eigenvalue weighted by molar-refractivity contribution is 5.77. The van der Waals surface area contributed by atoms with Gasteiger partial charge in [0, 0.05) is 30.1 Å². The fourth-order valence-electron chi connectivity index (χ4n) is 1.94. The van der Waals surface area contributed by atoms with Crippen LogP contribution in [0.15, 0.2) is 43.0 Å². The van der Waals surface area contributed by atoms with Gasteiger partial charge in [-0.05, 0) is 6.07 Å². The second kappa shape index (κ2) is 4.19. The molecule has 0 atom stereocenters. The summed E-state index contributed by atoms with van der Waals surface area (Å²) in [6.07, 6.45) is 5.04. The molecule has 0 amide bonds. The average molecular weight is 242 g/mol. The normalized spacial score (nSPS) is 11.0. The van der Waals surface area contributed by atoms with E-state index in [4.69, 9.17) is 5.73 Å². The third kappa shape index (κ3) is 1.65. The molecule has 3 aromatic rings. The van der Waals surface area contributed by atoms with Gasteiger partial charge in [-0.2, -0.15) is 0 Å². The molecular weight excluding hydrogens is 231 g/mol. The Labute approximate surface area is 103 Å². The zero-order valence-corrected chi connectivity index (χ0v) is 9.55. The van der Waals surface area contributed by atoms with Crippen molar-refractivity contribution in [3.63, 3.8) is 0 Å². The van der Waals surface area contributed by atoms with Crippen LogP contribution in [0.3, 0.4) is 0 Å². The first kappa shape index (κ1) is 10.9. The number of fused-ring (bicyclic) bond motifs is 1. The van der Waals surface area contributed by atoms with Crippen LogP contribution in [0.1, 0.15) is 5.69 Å². The fourth-order valence-corrected chi connectivity index (χ4v) is 1.94. The molecule has 0 aliphatic rings. The molecule has 0 unspecified atom stereocenters. The molecule has 0 aliphatic carbocycles. The van der Waals surface area contributed by atoms with Crippen LogP contribution < -0.4 is 5.73 Å². The van der Waals surface area contributed by atoms with Crippen LogP contribution in [-0.2, 0) is 6.54 Å². The van der Waals surface area contributed by atoms with Crippen molar-refractivity contribution in [3.05, 3.63) is 54.5 Å². The van der Waals surface area contributed by atoms with Gasteiger partial charge in [-0.1, -0.05) is 18.2 Å². The van der Waals surface area contributed by atoms with E-state index in [1.54, 1.807) is 41.3 Å². The Morgan fingerprint density at radius 2 is 2.06 bits per heavy atom. The molecule has 0 fully saturated rings.